The van der Waals surface area contributed by atoms with E-state index in [1.54, 1.807) is 4.90 Å². The van der Waals surface area contributed by atoms with Gasteiger partial charge < -0.3 is 14.9 Å². The number of aryl methyl sites for hydroxylation is 1. The number of carbonyl (C=O) groups is 1. The molecule has 0 saturated carbocycles. The minimum atomic E-state index is -0.958. The van der Waals surface area contributed by atoms with Crippen LogP contribution in [0.3, 0.4) is 0 Å². The monoisotopic (exact) mass is 265 g/mol. The number of aliphatic hydroxyl groups is 1. The Morgan fingerprint density at radius 1 is 1.42 bits per heavy atom. The van der Waals surface area contributed by atoms with Crippen LogP contribution in [0.25, 0.3) is 0 Å². The van der Waals surface area contributed by atoms with Crippen LogP contribution in [0.2, 0.25) is 0 Å². The second kappa shape index (κ2) is 5.59. The van der Waals surface area contributed by atoms with Crippen molar-refractivity contribution in [2.24, 2.45) is 0 Å². The van der Waals surface area contributed by atoms with Crippen LogP contribution in [-0.2, 0) is 4.79 Å². The molecule has 0 aliphatic carbocycles. The maximum absolute atomic E-state index is 10.6. The van der Waals surface area contributed by atoms with E-state index in [0.29, 0.717) is 19.5 Å². The van der Waals surface area contributed by atoms with E-state index in [-0.39, 0.29) is 13.2 Å². The Hall–Kier alpha value is -1.59. The van der Waals surface area contributed by atoms with Gasteiger partial charge in [-0.1, -0.05) is 17.7 Å². The zero-order chi connectivity index (χ0) is 13.9. The number of nitrogens with zero attached hydrogens (tertiary/aromatic N) is 1. The lowest BCUT2D eigenvalue weighted by atomic mass is 10.1. The highest BCUT2D eigenvalue weighted by Gasteiger charge is 2.37. The molecule has 1 aromatic rings. The summed E-state index contributed by atoms with van der Waals surface area (Å²) in [6, 6.07) is 7.63. The molecule has 2 rings (SSSR count). The Morgan fingerprint density at radius 2 is 2.11 bits per heavy atom. The van der Waals surface area contributed by atoms with Gasteiger partial charge in [0.1, 0.15) is 18.0 Å². The molecule has 5 nitrogen and oxygen atoms in total. The summed E-state index contributed by atoms with van der Waals surface area (Å²) in [5.74, 6) is -0.153. The van der Waals surface area contributed by atoms with Gasteiger partial charge in [-0.2, -0.15) is 0 Å². The van der Waals surface area contributed by atoms with Crippen LogP contribution in [0.4, 0.5) is 0 Å². The zero-order valence-electron chi connectivity index (χ0n) is 11.0. The van der Waals surface area contributed by atoms with E-state index in [0.717, 1.165) is 11.3 Å². The van der Waals surface area contributed by atoms with E-state index in [1.807, 2.05) is 31.2 Å². The van der Waals surface area contributed by atoms with Crippen molar-refractivity contribution >= 4 is 5.97 Å². The van der Waals surface area contributed by atoms with E-state index in [1.165, 1.54) is 0 Å². The highest BCUT2D eigenvalue weighted by atomic mass is 16.5. The van der Waals surface area contributed by atoms with Crippen molar-refractivity contribution < 1.29 is 19.7 Å². The molecule has 0 unspecified atom stereocenters. The molecule has 0 radical (unpaired) electrons. The molecule has 0 amide bonds. The van der Waals surface area contributed by atoms with Crippen molar-refractivity contribution in [3.8, 4) is 5.75 Å². The number of rotatable bonds is 5. The zero-order valence-corrected chi connectivity index (χ0v) is 11.0. The van der Waals surface area contributed by atoms with Crippen LogP contribution < -0.4 is 4.74 Å². The molecule has 1 heterocycles. The van der Waals surface area contributed by atoms with Gasteiger partial charge in [0, 0.05) is 13.1 Å². The molecule has 0 spiro atoms. The van der Waals surface area contributed by atoms with Crippen LogP contribution >= 0.6 is 0 Å². The lowest BCUT2D eigenvalue weighted by Gasteiger charge is -2.23. The Bertz CT molecular complexity index is 445. The first-order chi connectivity index (χ1) is 8.97. The van der Waals surface area contributed by atoms with Gasteiger partial charge in [0.05, 0.1) is 6.54 Å². The third-order valence-electron chi connectivity index (χ3n) is 3.30. The fourth-order valence-electron chi connectivity index (χ4n) is 2.24. The van der Waals surface area contributed by atoms with Crippen LogP contribution in [0.5, 0.6) is 5.75 Å². The maximum atomic E-state index is 10.6. The van der Waals surface area contributed by atoms with E-state index in [2.05, 4.69) is 0 Å². The fourth-order valence-corrected chi connectivity index (χ4v) is 2.24. The lowest BCUT2D eigenvalue weighted by molar-refractivity contribution is -0.138. The summed E-state index contributed by atoms with van der Waals surface area (Å²) in [4.78, 5) is 12.3. The fraction of sp³-hybridized carbons (Fsp3) is 0.500. The summed E-state index contributed by atoms with van der Waals surface area (Å²) >= 11 is 0. The topological polar surface area (TPSA) is 70.0 Å². The molecule has 19 heavy (non-hydrogen) atoms. The van der Waals surface area contributed by atoms with Crippen molar-refractivity contribution in [1.29, 1.82) is 0 Å². The van der Waals surface area contributed by atoms with Gasteiger partial charge in [0.15, 0.2) is 0 Å². The number of hydrogen-bond donors (Lipinski definition) is 2. The van der Waals surface area contributed by atoms with Gasteiger partial charge in [-0.15, -0.1) is 0 Å². The normalized spacial score (nSPS) is 23.5. The summed E-state index contributed by atoms with van der Waals surface area (Å²) in [7, 11) is 0. The van der Waals surface area contributed by atoms with Gasteiger partial charge in [0.2, 0.25) is 0 Å². The molecule has 1 aliphatic rings. The molecule has 0 bridgehead atoms. The van der Waals surface area contributed by atoms with Crippen LogP contribution in [-0.4, -0.2) is 52.9 Å². The van der Waals surface area contributed by atoms with Crippen LogP contribution in [0, 0.1) is 6.92 Å². The van der Waals surface area contributed by atoms with E-state index < -0.39 is 11.6 Å². The second-order valence-electron chi connectivity index (χ2n) is 5.18. The van der Waals surface area contributed by atoms with E-state index >= 15 is 0 Å². The molecule has 1 fully saturated rings. The standard InChI is InChI=1S/C14H19NO4/c1-11-2-4-12(5-3-11)19-10-14(18)6-7-15(9-14)8-13(16)17/h2-5,18H,6-10H2,1H3,(H,16,17)/t14-/m1/s1. The van der Waals surface area contributed by atoms with Crippen molar-refractivity contribution in [2.45, 2.75) is 18.9 Å². The van der Waals surface area contributed by atoms with Gasteiger partial charge in [-0.05, 0) is 25.5 Å². The first-order valence-corrected chi connectivity index (χ1v) is 6.33. The predicted molar refractivity (Wildman–Crippen MR) is 70.3 cm³/mol. The molecule has 2 N–H and O–H groups in total. The number of carboxylic acids is 1. The molecule has 5 heteroatoms. The minimum Gasteiger partial charge on any atom is -0.491 e. The molecule has 104 valence electrons. The molecule has 1 atom stereocenters. The number of ether oxygens (including phenoxy) is 1. The van der Waals surface area contributed by atoms with Crippen molar-refractivity contribution in [3.63, 3.8) is 0 Å². The van der Waals surface area contributed by atoms with Crippen molar-refractivity contribution in [2.75, 3.05) is 26.2 Å². The Balaban J connectivity index is 1.85. The van der Waals surface area contributed by atoms with Gasteiger partial charge in [-0.3, -0.25) is 9.69 Å². The lowest BCUT2D eigenvalue weighted by Crippen LogP contribution is -2.40. The summed E-state index contributed by atoms with van der Waals surface area (Å²) in [5, 5.41) is 19.1. The first-order valence-electron chi connectivity index (χ1n) is 6.33. The Morgan fingerprint density at radius 3 is 2.74 bits per heavy atom. The quantitative estimate of drug-likeness (QED) is 0.827. The van der Waals surface area contributed by atoms with Gasteiger partial charge in [0.25, 0.3) is 0 Å². The molecular weight excluding hydrogens is 246 g/mol. The summed E-state index contributed by atoms with van der Waals surface area (Å²) in [6.07, 6.45) is 0.534. The second-order valence-corrected chi connectivity index (χ2v) is 5.18. The van der Waals surface area contributed by atoms with Crippen molar-refractivity contribution in [1.82, 2.24) is 4.90 Å². The molecule has 1 aromatic carbocycles. The SMILES string of the molecule is Cc1ccc(OC[C@@]2(O)CCN(CC(=O)O)C2)cc1. The molecule has 0 aromatic heterocycles. The number of aliphatic carboxylic acids is 1. The average Bonchev–Trinajstić information content (AvgIpc) is 2.70. The number of carboxylic acid groups (broad SMARTS) is 1. The number of β-amino-alcohol motifs (C(OH)–C–C–N with tert-alkyl or cyclic N) is 1. The Kier molecular flexibility index (Phi) is 4.07. The molecule has 1 saturated heterocycles. The number of benzene rings is 1. The van der Waals surface area contributed by atoms with Crippen molar-refractivity contribution in [3.05, 3.63) is 29.8 Å². The molecular formula is C14H19NO4. The van der Waals surface area contributed by atoms with E-state index in [9.17, 15) is 9.90 Å². The summed E-state index contributed by atoms with van der Waals surface area (Å²) in [6.45, 7) is 3.07. The number of hydrogen-bond acceptors (Lipinski definition) is 4. The largest absolute Gasteiger partial charge is 0.491 e. The maximum Gasteiger partial charge on any atom is 0.317 e. The van der Waals surface area contributed by atoms with Crippen LogP contribution in [0.1, 0.15) is 12.0 Å². The third-order valence-corrected chi connectivity index (χ3v) is 3.30. The third kappa shape index (κ3) is 3.94. The minimum absolute atomic E-state index is 0.0349. The first kappa shape index (κ1) is 13.8. The highest BCUT2D eigenvalue weighted by molar-refractivity contribution is 5.69. The Labute approximate surface area is 112 Å². The predicted octanol–water partition coefficient (Wildman–Crippen LogP) is 0.895. The van der Waals surface area contributed by atoms with Gasteiger partial charge >= 0.3 is 5.97 Å². The summed E-state index contributed by atoms with van der Waals surface area (Å²) < 4.78 is 5.58. The highest BCUT2D eigenvalue weighted by Crippen LogP contribution is 2.22. The smallest absolute Gasteiger partial charge is 0.317 e. The molecule has 1 aliphatic heterocycles. The van der Waals surface area contributed by atoms with Gasteiger partial charge in [-0.25, -0.2) is 0 Å². The summed E-state index contributed by atoms with van der Waals surface area (Å²) in [5.41, 5.74) is 0.194. The van der Waals surface area contributed by atoms with E-state index in [4.69, 9.17) is 9.84 Å². The number of likely N-dealkylation sites (tertiary alicyclic amines) is 1. The average molecular weight is 265 g/mol. The van der Waals surface area contributed by atoms with Crippen LogP contribution in [0.15, 0.2) is 24.3 Å².